The Kier molecular flexibility index (Phi) is 5.12. The van der Waals surface area contributed by atoms with Crippen LogP contribution in [0, 0.1) is 6.92 Å². The fraction of sp³-hybridized carbons (Fsp3) is 0.381. The lowest BCUT2D eigenvalue weighted by atomic mass is 10.1. The number of carbonyl (C=O) groups is 1. The van der Waals surface area contributed by atoms with Gasteiger partial charge in [-0.1, -0.05) is 0 Å². The lowest BCUT2D eigenvalue weighted by Crippen LogP contribution is -2.19. The molecule has 1 aromatic carbocycles. The van der Waals surface area contributed by atoms with Gasteiger partial charge in [0.25, 0.3) is 5.91 Å². The number of thioether (sulfide) groups is 1. The van der Waals surface area contributed by atoms with Crippen molar-refractivity contribution in [1.29, 1.82) is 0 Å². The third-order valence-corrected chi connectivity index (χ3v) is 6.11. The number of hydrogen-bond donors (Lipinski definition) is 2. The lowest BCUT2D eigenvalue weighted by Gasteiger charge is -2.14. The maximum absolute atomic E-state index is 12.0. The summed E-state index contributed by atoms with van der Waals surface area (Å²) in [5.74, 6) is 2.90. The fourth-order valence-corrected chi connectivity index (χ4v) is 4.03. The second-order valence-electron chi connectivity index (χ2n) is 7.53. The van der Waals surface area contributed by atoms with Gasteiger partial charge in [0.2, 0.25) is 5.71 Å². The van der Waals surface area contributed by atoms with E-state index in [1.54, 1.807) is 25.8 Å². The Morgan fingerprint density at radius 2 is 2.03 bits per heavy atom. The Morgan fingerprint density at radius 3 is 2.66 bits per heavy atom. The largest absolute Gasteiger partial charge is 0.497 e. The van der Waals surface area contributed by atoms with Crippen molar-refractivity contribution in [3.63, 3.8) is 0 Å². The molecule has 1 amide bonds. The van der Waals surface area contributed by atoms with Crippen LogP contribution in [0.4, 0.5) is 5.82 Å². The molecule has 152 valence electrons. The number of aryl methyl sites for hydroxylation is 2. The molecule has 0 saturated heterocycles. The van der Waals surface area contributed by atoms with Crippen LogP contribution in [0.5, 0.6) is 5.75 Å². The Bertz CT molecular complexity index is 1060. The number of aromatic nitrogens is 2. The number of methoxy groups -OCH3 is 1. The Morgan fingerprint density at radius 1 is 1.31 bits per heavy atom. The van der Waals surface area contributed by atoms with E-state index in [4.69, 9.17) is 19.9 Å². The monoisotopic (exact) mass is 412 g/mol. The number of primary amides is 1. The van der Waals surface area contributed by atoms with Crippen molar-refractivity contribution in [2.24, 2.45) is 5.73 Å². The third kappa shape index (κ3) is 4.17. The van der Waals surface area contributed by atoms with Crippen molar-refractivity contribution in [2.45, 2.75) is 43.5 Å². The van der Waals surface area contributed by atoms with Crippen molar-refractivity contribution < 1.29 is 13.9 Å². The predicted octanol–water partition coefficient (Wildman–Crippen LogP) is 3.94. The van der Waals surface area contributed by atoms with Gasteiger partial charge >= 0.3 is 0 Å². The summed E-state index contributed by atoms with van der Waals surface area (Å²) in [7, 11) is 1.66. The predicted molar refractivity (Wildman–Crippen MR) is 114 cm³/mol. The van der Waals surface area contributed by atoms with Crippen molar-refractivity contribution in [2.75, 3.05) is 18.2 Å². The fourth-order valence-electron chi connectivity index (χ4n) is 3.19. The molecular formula is C21H24N4O3S. The number of furan rings is 1. The van der Waals surface area contributed by atoms with Gasteiger partial charge in [0.15, 0.2) is 0 Å². The van der Waals surface area contributed by atoms with Crippen LogP contribution in [0.3, 0.4) is 0 Å². The summed E-state index contributed by atoms with van der Waals surface area (Å²) < 4.78 is 10.9. The standard InChI is InChI=1S/C21H24N4O3S/c1-12-16(18(22)26)17-19(25-21(2)9-10-21)23-15(24-20(17)28-12)8-11-29-14-6-4-13(27-3)5-7-14/h4-7H,8-11H2,1-3H3,(H2,22,26)(H,23,24,25). The molecule has 0 bridgehead atoms. The van der Waals surface area contributed by atoms with Gasteiger partial charge in [-0.15, -0.1) is 11.8 Å². The van der Waals surface area contributed by atoms with E-state index < -0.39 is 5.91 Å². The van der Waals surface area contributed by atoms with Crippen LogP contribution in [-0.2, 0) is 6.42 Å². The first-order chi connectivity index (χ1) is 13.9. The zero-order valence-corrected chi connectivity index (χ0v) is 17.6. The van der Waals surface area contributed by atoms with Crippen LogP contribution in [-0.4, -0.2) is 34.3 Å². The van der Waals surface area contributed by atoms with Crippen LogP contribution in [0.2, 0.25) is 0 Å². The van der Waals surface area contributed by atoms with Gasteiger partial charge in [0.1, 0.15) is 23.2 Å². The quantitative estimate of drug-likeness (QED) is 0.540. The molecule has 1 saturated carbocycles. The van der Waals surface area contributed by atoms with Crippen LogP contribution < -0.4 is 15.8 Å². The second-order valence-corrected chi connectivity index (χ2v) is 8.69. The highest BCUT2D eigenvalue weighted by atomic mass is 32.2. The molecule has 1 fully saturated rings. The molecule has 0 spiro atoms. The first-order valence-electron chi connectivity index (χ1n) is 9.53. The van der Waals surface area contributed by atoms with Crippen molar-refractivity contribution in [1.82, 2.24) is 9.97 Å². The number of nitrogens with one attached hydrogen (secondary N) is 1. The third-order valence-electron chi connectivity index (χ3n) is 5.09. The van der Waals surface area contributed by atoms with E-state index in [1.165, 1.54) is 0 Å². The molecule has 3 N–H and O–H groups in total. The highest BCUT2D eigenvalue weighted by Gasteiger charge is 2.38. The zero-order chi connectivity index (χ0) is 20.6. The van der Waals surface area contributed by atoms with E-state index in [-0.39, 0.29) is 5.54 Å². The second kappa shape index (κ2) is 7.59. The molecule has 1 aliphatic carbocycles. The number of nitrogens with two attached hydrogens (primary N) is 1. The number of fused-ring (bicyclic) bond motifs is 1. The summed E-state index contributed by atoms with van der Waals surface area (Å²) in [5, 5.41) is 4.04. The van der Waals surface area contributed by atoms with E-state index in [0.29, 0.717) is 40.5 Å². The summed E-state index contributed by atoms with van der Waals surface area (Å²) >= 11 is 1.72. The van der Waals surface area contributed by atoms with Crippen LogP contribution in [0.25, 0.3) is 11.1 Å². The number of ether oxygens (including phenoxy) is 1. The minimum Gasteiger partial charge on any atom is -0.497 e. The minimum absolute atomic E-state index is 0.00348. The molecule has 7 nitrogen and oxygen atoms in total. The number of hydrogen-bond acceptors (Lipinski definition) is 7. The maximum atomic E-state index is 12.0. The Hall–Kier alpha value is -2.74. The number of amides is 1. The molecule has 0 atom stereocenters. The van der Waals surface area contributed by atoms with Gasteiger partial charge in [-0.3, -0.25) is 4.79 Å². The molecule has 0 unspecified atom stereocenters. The van der Waals surface area contributed by atoms with Gasteiger partial charge < -0.3 is 20.2 Å². The van der Waals surface area contributed by atoms with Gasteiger partial charge in [0.05, 0.1) is 18.1 Å². The van der Waals surface area contributed by atoms with E-state index in [2.05, 4.69) is 17.2 Å². The molecular weight excluding hydrogens is 388 g/mol. The number of carbonyl (C=O) groups excluding carboxylic acids is 1. The van der Waals surface area contributed by atoms with E-state index in [0.717, 1.165) is 29.2 Å². The molecule has 8 heteroatoms. The SMILES string of the molecule is COc1ccc(SCCc2nc(NC3(C)CC3)c3c(C(N)=O)c(C)oc3n2)cc1. The first-order valence-corrected chi connectivity index (χ1v) is 10.5. The first kappa shape index (κ1) is 19.6. The molecule has 0 aliphatic heterocycles. The maximum Gasteiger partial charge on any atom is 0.253 e. The normalized spacial score (nSPS) is 14.7. The molecule has 2 heterocycles. The average Bonchev–Trinajstić information content (AvgIpc) is 3.30. The smallest absolute Gasteiger partial charge is 0.253 e. The number of anilines is 1. The molecule has 2 aromatic heterocycles. The summed E-state index contributed by atoms with van der Waals surface area (Å²) in [5.41, 5.74) is 6.34. The molecule has 4 rings (SSSR count). The van der Waals surface area contributed by atoms with Gasteiger partial charge in [-0.2, -0.15) is 4.98 Å². The molecule has 1 aliphatic rings. The Balaban J connectivity index is 1.58. The highest BCUT2D eigenvalue weighted by Crippen LogP contribution is 2.40. The van der Waals surface area contributed by atoms with Gasteiger partial charge in [0, 0.05) is 22.6 Å². The van der Waals surface area contributed by atoms with E-state index >= 15 is 0 Å². The van der Waals surface area contributed by atoms with Crippen LogP contribution in [0.15, 0.2) is 33.6 Å². The summed E-state index contributed by atoms with van der Waals surface area (Å²) in [4.78, 5) is 22.4. The topological polar surface area (TPSA) is 103 Å². The van der Waals surface area contributed by atoms with Crippen molar-refractivity contribution in [3.8, 4) is 5.75 Å². The molecule has 29 heavy (non-hydrogen) atoms. The lowest BCUT2D eigenvalue weighted by molar-refractivity contribution is 0.1000. The van der Waals surface area contributed by atoms with Gasteiger partial charge in [-0.25, -0.2) is 4.98 Å². The number of nitrogens with zero attached hydrogens (tertiary/aromatic N) is 2. The van der Waals surface area contributed by atoms with E-state index in [1.807, 2.05) is 24.3 Å². The highest BCUT2D eigenvalue weighted by molar-refractivity contribution is 7.99. The summed E-state index contributed by atoms with van der Waals surface area (Å²) in [6.07, 6.45) is 2.79. The van der Waals surface area contributed by atoms with Gasteiger partial charge in [-0.05, 0) is 51.0 Å². The van der Waals surface area contributed by atoms with E-state index in [9.17, 15) is 4.79 Å². The zero-order valence-electron chi connectivity index (χ0n) is 16.7. The van der Waals surface area contributed by atoms with Crippen LogP contribution >= 0.6 is 11.8 Å². The Labute approximate surface area is 173 Å². The summed E-state index contributed by atoms with van der Waals surface area (Å²) in [6.45, 7) is 3.86. The number of benzene rings is 1. The minimum atomic E-state index is -0.531. The molecule has 3 aromatic rings. The number of rotatable bonds is 8. The molecule has 0 radical (unpaired) electrons. The van der Waals surface area contributed by atoms with Crippen molar-refractivity contribution >= 4 is 34.6 Å². The van der Waals surface area contributed by atoms with Crippen molar-refractivity contribution in [3.05, 3.63) is 41.4 Å². The summed E-state index contributed by atoms with van der Waals surface area (Å²) in [6, 6.07) is 7.95. The van der Waals surface area contributed by atoms with Crippen LogP contribution in [0.1, 0.15) is 41.7 Å². The average molecular weight is 413 g/mol.